The van der Waals surface area contributed by atoms with Crippen LogP contribution in [0.5, 0.6) is 0 Å². The second-order valence-corrected chi connectivity index (χ2v) is 3.61. The van der Waals surface area contributed by atoms with Crippen molar-refractivity contribution >= 4 is 5.97 Å². The smallest absolute Gasteiger partial charge is 0.323 e. The fourth-order valence-electron chi connectivity index (χ4n) is 1.34. The first-order valence-corrected chi connectivity index (χ1v) is 4.99. The molecule has 6 heteroatoms. The minimum absolute atomic E-state index is 0.147. The lowest BCUT2D eigenvalue weighted by molar-refractivity contribution is -0.140. The molecule has 16 heavy (non-hydrogen) atoms. The Balaban J connectivity index is 2.55. The van der Waals surface area contributed by atoms with Crippen molar-refractivity contribution in [3.8, 4) is 0 Å². The Morgan fingerprint density at radius 2 is 2.44 bits per heavy atom. The van der Waals surface area contributed by atoms with Crippen molar-refractivity contribution in [3.63, 3.8) is 0 Å². The summed E-state index contributed by atoms with van der Waals surface area (Å²) in [6.45, 7) is 2.56. The molecular formula is C10H17N3O3. The molecule has 0 amide bonds. The largest absolute Gasteiger partial charge is 0.480 e. The number of aryl methyl sites for hydroxylation is 1. The van der Waals surface area contributed by atoms with Gasteiger partial charge >= 0.3 is 5.97 Å². The van der Waals surface area contributed by atoms with E-state index in [1.165, 1.54) is 7.11 Å². The maximum absolute atomic E-state index is 10.8. The molecule has 0 aliphatic rings. The Morgan fingerprint density at radius 3 is 2.88 bits per heavy atom. The van der Waals surface area contributed by atoms with E-state index in [-0.39, 0.29) is 6.61 Å². The first kappa shape index (κ1) is 12.7. The van der Waals surface area contributed by atoms with Crippen molar-refractivity contribution in [3.05, 3.63) is 17.5 Å². The van der Waals surface area contributed by atoms with Gasteiger partial charge in [-0.15, -0.1) is 0 Å². The van der Waals surface area contributed by atoms with E-state index in [2.05, 4.69) is 10.4 Å². The summed E-state index contributed by atoms with van der Waals surface area (Å²) < 4.78 is 6.58. The second-order valence-electron chi connectivity index (χ2n) is 3.61. The Kier molecular flexibility index (Phi) is 4.45. The highest BCUT2D eigenvalue weighted by atomic mass is 16.5. The van der Waals surface area contributed by atoms with Crippen molar-refractivity contribution in [1.29, 1.82) is 0 Å². The molecule has 0 fully saturated rings. The molecule has 2 N–H and O–H groups in total. The first-order valence-electron chi connectivity index (χ1n) is 4.99. The summed E-state index contributed by atoms with van der Waals surface area (Å²) in [5.41, 5.74) is 2.01. The average Bonchev–Trinajstić information content (AvgIpc) is 2.55. The third-order valence-electron chi connectivity index (χ3n) is 2.51. The molecule has 1 aromatic heterocycles. The van der Waals surface area contributed by atoms with Gasteiger partial charge in [0.05, 0.1) is 12.8 Å². The van der Waals surface area contributed by atoms with Crippen molar-refractivity contribution < 1.29 is 14.6 Å². The molecule has 1 aromatic rings. The highest BCUT2D eigenvalue weighted by Gasteiger charge is 2.16. The maximum Gasteiger partial charge on any atom is 0.323 e. The number of aliphatic carboxylic acids is 1. The minimum Gasteiger partial charge on any atom is -0.480 e. The van der Waals surface area contributed by atoms with Gasteiger partial charge in [-0.3, -0.25) is 14.8 Å². The molecule has 90 valence electrons. The summed E-state index contributed by atoms with van der Waals surface area (Å²) in [4.78, 5) is 10.8. The van der Waals surface area contributed by atoms with Gasteiger partial charge in [0.1, 0.15) is 6.04 Å². The van der Waals surface area contributed by atoms with Crippen LogP contribution >= 0.6 is 0 Å². The third kappa shape index (κ3) is 3.04. The molecule has 1 heterocycles. The Labute approximate surface area is 94.2 Å². The van der Waals surface area contributed by atoms with Crippen LogP contribution in [0.1, 0.15) is 11.3 Å². The molecule has 0 saturated carbocycles. The van der Waals surface area contributed by atoms with Crippen LogP contribution in [0.3, 0.4) is 0 Å². The summed E-state index contributed by atoms with van der Waals surface area (Å²) in [7, 11) is 3.33. The zero-order chi connectivity index (χ0) is 12.1. The molecule has 1 rings (SSSR count). The van der Waals surface area contributed by atoms with Gasteiger partial charge in [0, 0.05) is 32.0 Å². The predicted octanol–water partition coefficient (Wildman–Crippen LogP) is -0.0823. The predicted molar refractivity (Wildman–Crippen MR) is 58.1 cm³/mol. The number of carbonyl (C=O) groups is 1. The van der Waals surface area contributed by atoms with Crippen molar-refractivity contribution in [2.45, 2.75) is 19.5 Å². The van der Waals surface area contributed by atoms with Crippen LogP contribution in [0.2, 0.25) is 0 Å². The normalized spacial score (nSPS) is 12.7. The summed E-state index contributed by atoms with van der Waals surface area (Å²) in [5.74, 6) is -0.914. The Hall–Kier alpha value is -1.40. The van der Waals surface area contributed by atoms with Gasteiger partial charge in [-0.2, -0.15) is 5.10 Å². The molecule has 0 aromatic carbocycles. The van der Waals surface area contributed by atoms with E-state index >= 15 is 0 Å². The monoisotopic (exact) mass is 227 g/mol. The molecule has 1 atom stereocenters. The molecule has 0 bridgehead atoms. The molecule has 0 spiro atoms. The minimum atomic E-state index is -0.914. The summed E-state index contributed by atoms with van der Waals surface area (Å²) in [5, 5.41) is 15.9. The Morgan fingerprint density at radius 1 is 1.75 bits per heavy atom. The highest BCUT2D eigenvalue weighted by Crippen LogP contribution is 2.05. The van der Waals surface area contributed by atoms with Gasteiger partial charge < -0.3 is 9.84 Å². The summed E-state index contributed by atoms with van der Waals surface area (Å²) in [6, 6.07) is -0.690. The lowest BCUT2D eigenvalue weighted by atomic mass is 10.2. The number of aromatic nitrogens is 2. The number of carboxylic acid groups (broad SMARTS) is 1. The van der Waals surface area contributed by atoms with E-state index in [1.54, 1.807) is 10.9 Å². The number of hydrogen-bond donors (Lipinski definition) is 2. The van der Waals surface area contributed by atoms with E-state index in [0.717, 1.165) is 11.3 Å². The average molecular weight is 227 g/mol. The number of hydrogen-bond acceptors (Lipinski definition) is 4. The highest BCUT2D eigenvalue weighted by molar-refractivity contribution is 5.73. The zero-order valence-electron chi connectivity index (χ0n) is 9.73. The van der Waals surface area contributed by atoms with E-state index in [9.17, 15) is 4.79 Å². The zero-order valence-corrected chi connectivity index (χ0v) is 9.73. The van der Waals surface area contributed by atoms with Gasteiger partial charge in [-0.05, 0) is 6.92 Å². The van der Waals surface area contributed by atoms with Crippen molar-refractivity contribution in [2.24, 2.45) is 7.05 Å². The standard InChI is InChI=1S/C10H17N3O3/c1-7-8(5-12-13(7)2)4-11-9(6-16-3)10(14)15/h5,9,11H,4,6H2,1-3H3,(H,14,15). The molecule has 1 unspecified atom stereocenters. The van der Waals surface area contributed by atoms with Crippen molar-refractivity contribution in [1.82, 2.24) is 15.1 Å². The summed E-state index contributed by atoms with van der Waals surface area (Å²) >= 11 is 0. The van der Waals surface area contributed by atoms with Crippen molar-refractivity contribution in [2.75, 3.05) is 13.7 Å². The third-order valence-corrected chi connectivity index (χ3v) is 2.51. The molecule has 0 radical (unpaired) electrons. The topological polar surface area (TPSA) is 76.4 Å². The fraction of sp³-hybridized carbons (Fsp3) is 0.600. The van der Waals surface area contributed by atoms with Crippen LogP contribution in [-0.2, 0) is 23.1 Å². The summed E-state index contributed by atoms with van der Waals surface area (Å²) in [6.07, 6.45) is 1.73. The van der Waals surface area contributed by atoms with Gasteiger partial charge in [-0.25, -0.2) is 0 Å². The van der Waals surface area contributed by atoms with E-state index in [1.807, 2.05) is 14.0 Å². The lowest BCUT2D eigenvalue weighted by Crippen LogP contribution is -2.39. The maximum atomic E-state index is 10.8. The molecular weight excluding hydrogens is 210 g/mol. The number of carboxylic acids is 1. The number of methoxy groups -OCH3 is 1. The Bertz CT molecular complexity index is 362. The first-order chi connectivity index (χ1) is 7.56. The number of nitrogens with zero attached hydrogens (tertiary/aromatic N) is 2. The van der Waals surface area contributed by atoms with Gasteiger partial charge in [0.2, 0.25) is 0 Å². The fourth-order valence-corrected chi connectivity index (χ4v) is 1.34. The molecule has 0 aliphatic heterocycles. The molecule has 0 saturated heterocycles. The SMILES string of the molecule is COCC(NCc1cnn(C)c1C)C(=O)O. The molecule has 6 nitrogen and oxygen atoms in total. The van der Waals surface area contributed by atoms with Gasteiger partial charge in [-0.1, -0.05) is 0 Å². The van der Waals surface area contributed by atoms with E-state index < -0.39 is 12.0 Å². The number of ether oxygens (including phenoxy) is 1. The van der Waals surface area contributed by atoms with Crippen LogP contribution in [-0.4, -0.2) is 40.6 Å². The van der Waals surface area contributed by atoms with Crippen LogP contribution in [0.4, 0.5) is 0 Å². The quantitative estimate of drug-likeness (QED) is 0.710. The van der Waals surface area contributed by atoms with E-state index in [4.69, 9.17) is 9.84 Å². The molecule has 0 aliphatic carbocycles. The number of rotatable bonds is 6. The van der Waals surface area contributed by atoms with E-state index in [0.29, 0.717) is 6.54 Å². The van der Waals surface area contributed by atoms with Crippen LogP contribution in [0, 0.1) is 6.92 Å². The van der Waals surface area contributed by atoms with Crippen LogP contribution in [0.15, 0.2) is 6.20 Å². The van der Waals surface area contributed by atoms with Gasteiger partial charge in [0.25, 0.3) is 0 Å². The van der Waals surface area contributed by atoms with Crippen LogP contribution in [0.25, 0.3) is 0 Å². The van der Waals surface area contributed by atoms with Crippen LogP contribution < -0.4 is 5.32 Å². The lowest BCUT2D eigenvalue weighted by Gasteiger charge is -2.12. The number of nitrogens with one attached hydrogen (secondary N) is 1. The second kappa shape index (κ2) is 5.62. The van der Waals surface area contributed by atoms with Gasteiger partial charge in [0.15, 0.2) is 0 Å².